The molecule has 8 nitrogen and oxygen atoms in total. The number of amides is 1. The van der Waals surface area contributed by atoms with Crippen molar-refractivity contribution in [3.63, 3.8) is 0 Å². The van der Waals surface area contributed by atoms with Crippen LogP contribution in [0.3, 0.4) is 0 Å². The summed E-state index contributed by atoms with van der Waals surface area (Å²) in [4.78, 5) is 11.3. The molecule has 0 saturated carbocycles. The van der Waals surface area contributed by atoms with E-state index in [0.717, 1.165) is 0 Å². The second-order valence-corrected chi connectivity index (χ2v) is 5.85. The van der Waals surface area contributed by atoms with Crippen LogP contribution >= 0.6 is 0 Å². The normalized spacial score (nSPS) is 11.6. The molecule has 0 aliphatic rings. The number of methoxy groups -OCH3 is 1. The monoisotopic (exact) mass is 305 g/mol. The van der Waals surface area contributed by atoms with Crippen molar-refractivity contribution in [2.75, 3.05) is 26.8 Å². The molecule has 20 heavy (non-hydrogen) atoms. The van der Waals surface area contributed by atoms with Crippen molar-refractivity contribution in [1.82, 2.24) is 15.2 Å². The van der Waals surface area contributed by atoms with Crippen LogP contribution in [0.4, 0.5) is 0 Å². The number of aromatic nitrogens is 1. The highest BCUT2D eigenvalue weighted by Crippen LogP contribution is 2.17. The van der Waals surface area contributed by atoms with Gasteiger partial charge < -0.3 is 14.6 Å². The predicted molar refractivity (Wildman–Crippen MR) is 70.7 cm³/mol. The van der Waals surface area contributed by atoms with Gasteiger partial charge in [-0.3, -0.25) is 4.79 Å². The highest BCUT2D eigenvalue weighted by molar-refractivity contribution is 7.89. The van der Waals surface area contributed by atoms with Crippen molar-refractivity contribution in [3.05, 3.63) is 11.5 Å². The number of carbonyl (C=O) groups excluding carboxylic acids is 1. The molecule has 9 heteroatoms. The van der Waals surface area contributed by atoms with E-state index in [1.807, 2.05) is 0 Å². The summed E-state index contributed by atoms with van der Waals surface area (Å²) in [5, 5.41) is 6.17. The number of ether oxygens (including phenoxy) is 1. The van der Waals surface area contributed by atoms with Crippen molar-refractivity contribution in [2.45, 2.75) is 25.2 Å². The van der Waals surface area contributed by atoms with Gasteiger partial charge in [-0.15, -0.1) is 0 Å². The lowest BCUT2D eigenvalue weighted by Crippen LogP contribution is -2.35. The van der Waals surface area contributed by atoms with E-state index in [1.54, 1.807) is 6.92 Å². The Hall–Kier alpha value is -1.45. The predicted octanol–water partition coefficient (Wildman–Crippen LogP) is -0.278. The van der Waals surface area contributed by atoms with E-state index in [1.165, 1.54) is 14.0 Å². The number of nitrogens with zero attached hydrogens (tertiary/aromatic N) is 1. The average Bonchev–Trinajstić information content (AvgIpc) is 2.72. The van der Waals surface area contributed by atoms with Crippen molar-refractivity contribution in [3.8, 4) is 0 Å². The molecule has 0 bridgehead atoms. The maximum atomic E-state index is 12.0. The lowest BCUT2D eigenvalue weighted by molar-refractivity contribution is -0.121. The second kappa shape index (κ2) is 7.36. The summed E-state index contributed by atoms with van der Waals surface area (Å²) in [6, 6.07) is 0. The smallest absolute Gasteiger partial charge is 0.246 e. The zero-order chi connectivity index (χ0) is 15.2. The van der Waals surface area contributed by atoms with Crippen LogP contribution in [-0.4, -0.2) is 46.3 Å². The molecule has 0 radical (unpaired) electrons. The van der Waals surface area contributed by atoms with Crippen LogP contribution in [0, 0.1) is 13.8 Å². The first-order chi connectivity index (χ1) is 9.38. The second-order valence-electron chi connectivity index (χ2n) is 4.14. The summed E-state index contributed by atoms with van der Waals surface area (Å²) in [7, 11) is -2.17. The van der Waals surface area contributed by atoms with Crippen LogP contribution in [0.5, 0.6) is 0 Å². The van der Waals surface area contributed by atoms with Gasteiger partial charge in [-0.1, -0.05) is 5.16 Å². The molecule has 0 spiro atoms. The third kappa shape index (κ3) is 4.58. The molecule has 2 N–H and O–H groups in total. The van der Waals surface area contributed by atoms with E-state index in [2.05, 4.69) is 15.2 Å². The number of rotatable bonds is 8. The summed E-state index contributed by atoms with van der Waals surface area (Å²) >= 11 is 0. The number of aryl methyl sites for hydroxylation is 2. The van der Waals surface area contributed by atoms with E-state index >= 15 is 0 Å². The molecule has 0 unspecified atom stereocenters. The molecule has 1 heterocycles. The Morgan fingerprint density at radius 3 is 2.60 bits per heavy atom. The molecular formula is C11H19N3O5S. The number of sulfonamides is 1. The van der Waals surface area contributed by atoms with Crippen LogP contribution in [0.2, 0.25) is 0 Å². The van der Waals surface area contributed by atoms with Crippen LogP contribution in [-0.2, 0) is 19.6 Å². The van der Waals surface area contributed by atoms with Crippen molar-refractivity contribution in [2.24, 2.45) is 0 Å². The molecule has 0 saturated heterocycles. The molecule has 1 amide bonds. The number of hydrogen-bond donors (Lipinski definition) is 2. The largest absolute Gasteiger partial charge is 0.384 e. The minimum Gasteiger partial charge on any atom is -0.384 e. The standard InChI is InChI=1S/C11H19N3O5S/c1-8-11(9(2)19-14-8)20(16,17)13-6-5-12-10(15)4-7-18-3/h13H,4-7H2,1-3H3,(H,12,15). The van der Waals surface area contributed by atoms with Gasteiger partial charge in [0.1, 0.15) is 10.6 Å². The van der Waals surface area contributed by atoms with E-state index in [4.69, 9.17) is 9.26 Å². The minimum atomic E-state index is -3.68. The van der Waals surface area contributed by atoms with Crippen molar-refractivity contribution >= 4 is 15.9 Å². The van der Waals surface area contributed by atoms with Gasteiger partial charge in [-0.25, -0.2) is 13.1 Å². The first-order valence-corrected chi connectivity index (χ1v) is 7.55. The quantitative estimate of drug-likeness (QED) is 0.639. The summed E-state index contributed by atoms with van der Waals surface area (Å²) in [5.74, 6) is 0.0440. The van der Waals surface area contributed by atoms with Gasteiger partial charge in [0.25, 0.3) is 0 Å². The Morgan fingerprint density at radius 2 is 2.05 bits per heavy atom. The van der Waals surface area contributed by atoms with Gasteiger partial charge in [0.2, 0.25) is 15.9 Å². The first kappa shape index (κ1) is 16.6. The van der Waals surface area contributed by atoms with Crippen molar-refractivity contribution in [1.29, 1.82) is 0 Å². The number of carbonyl (C=O) groups is 1. The Morgan fingerprint density at radius 1 is 1.35 bits per heavy atom. The van der Waals surface area contributed by atoms with Gasteiger partial charge >= 0.3 is 0 Å². The van der Waals surface area contributed by atoms with Gasteiger partial charge in [-0.2, -0.15) is 0 Å². The molecule has 1 aromatic rings. The molecule has 0 atom stereocenters. The minimum absolute atomic E-state index is 0.0446. The van der Waals surface area contributed by atoms with Gasteiger partial charge in [0.05, 0.1) is 6.61 Å². The third-order valence-electron chi connectivity index (χ3n) is 2.51. The fourth-order valence-corrected chi connectivity index (χ4v) is 2.96. The Kier molecular flexibility index (Phi) is 6.11. The van der Waals surface area contributed by atoms with Crippen LogP contribution in [0.25, 0.3) is 0 Å². The summed E-state index contributed by atoms with van der Waals surface area (Å²) in [6.45, 7) is 3.70. The van der Waals surface area contributed by atoms with E-state index in [-0.39, 0.29) is 36.1 Å². The highest BCUT2D eigenvalue weighted by Gasteiger charge is 2.23. The molecule has 0 aromatic carbocycles. The zero-order valence-corrected chi connectivity index (χ0v) is 12.5. The molecule has 0 aliphatic heterocycles. The summed E-state index contributed by atoms with van der Waals surface area (Å²) < 4.78 is 36.0. The molecule has 1 rings (SSSR count). The van der Waals surface area contributed by atoms with E-state index < -0.39 is 10.0 Å². The molecule has 0 fully saturated rings. The topological polar surface area (TPSA) is 111 Å². The lowest BCUT2D eigenvalue weighted by Gasteiger charge is -2.07. The maximum Gasteiger partial charge on any atom is 0.246 e. The fourth-order valence-electron chi connectivity index (χ4n) is 1.60. The Bertz CT molecular complexity index is 533. The van der Waals surface area contributed by atoms with E-state index in [0.29, 0.717) is 12.3 Å². The van der Waals surface area contributed by atoms with Crippen LogP contribution < -0.4 is 10.0 Å². The molecule has 1 aromatic heterocycles. The zero-order valence-electron chi connectivity index (χ0n) is 11.7. The third-order valence-corrected chi connectivity index (χ3v) is 4.21. The summed E-state index contributed by atoms with van der Waals surface area (Å²) in [6.07, 6.45) is 0.243. The maximum absolute atomic E-state index is 12.0. The lowest BCUT2D eigenvalue weighted by atomic mass is 10.4. The van der Waals surface area contributed by atoms with Gasteiger partial charge in [0, 0.05) is 26.6 Å². The molecule has 114 valence electrons. The Balaban J connectivity index is 2.44. The van der Waals surface area contributed by atoms with E-state index in [9.17, 15) is 13.2 Å². The molecule has 0 aliphatic carbocycles. The number of hydrogen-bond acceptors (Lipinski definition) is 6. The van der Waals surface area contributed by atoms with Crippen LogP contribution in [0.1, 0.15) is 17.9 Å². The average molecular weight is 305 g/mol. The SMILES string of the molecule is COCCC(=O)NCCNS(=O)(=O)c1c(C)noc1C. The van der Waals surface area contributed by atoms with Gasteiger partial charge in [0.15, 0.2) is 5.76 Å². The molecular weight excluding hydrogens is 286 g/mol. The van der Waals surface area contributed by atoms with Crippen LogP contribution in [0.15, 0.2) is 9.42 Å². The number of nitrogens with one attached hydrogen (secondary N) is 2. The fraction of sp³-hybridized carbons (Fsp3) is 0.636. The summed E-state index contributed by atoms with van der Waals surface area (Å²) in [5.41, 5.74) is 0.305. The highest BCUT2D eigenvalue weighted by atomic mass is 32.2. The van der Waals surface area contributed by atoms with Gasteiger partial charge in [-0.05, 0) is 13.8 Å². The first-order valence-electron chi connectivity index (χ1n) is 6.06. The Labute approximate surface area is 117 Å². The van der Waals surface area contributed by atoms with Crippen molar-refractivity contribution < 1.29 is 22.5 Å².